The zero-order chi connectivity index (χ0) is 10.8. The Morgan fingerprint density at radius 2 is 1.80 bits per heavy atom. The first-order valence-electron chi connectivity index (χ1n) is 5.10. The SMILES string of the molecule is CC(N)Cc1cccc2c(Br)cccc12. The molecule has 78 valence electrons. The van der Waals surface area contributed by atoms with Gasteiger partial charge >= 0.3 is 0 Å². The van der Waals surface area contributed by atoms with Gasteiger partial charge in [0.25, 0.3) is 0 Å². The molecule has 0 heterocycles. The highest BCUT2D eigenvalue weighted by molar-refractivity contribution is 9.10. The maximum Gasteiger partial charge on any atom is 0.0253 e. The lowest BCUT2D eigenvalue weighted by molar-refractivity contribution is 0.742. The molecule has 0 aromatic heterocycles. The van der Waals surface area contributed by atoms with Crippen molar-refractivity contribution in [1.82, 2.24) is 0 Å². The number of hydrogen-bond acceptors (Lipinski definition) is 1. The highest BCUT2D eigenvalue weighted by Gasteiger charge is 2.04. The number of halogens is 1. The Balaban J connectivity index is 2.61. The van der Waals surface area contributed by atoms with Crippen LogP contribution in [0.1, 0.15) is 12.5 Å². The molecule has 0 saturated heterocycles. The van der Waals surface area contributed by atoms with E-state index in [0.29, 0.717) is 0 Å². The molecule has 1 nitrogen and oxygen atoms in total. The third-order valence-corrected chi connectivity index (χ3v) is 3.19. The Bertz CT molecular complexity index is 477. The van der Waals surface area contributed by atoms with Crippen molar-refractivity contribution in [2.24, 2.45) is 5.73 Å². The molecule has 2 rings (SSSR count). The molecule has 0 amide bonds. The number of benzene rings is 2. The van der Waals surface area contributed by atoms with Crippen molar-refractivity contribution in [3.8, 4) is 0 Å². The molecule has 0 aliphatic carbocycles. The molecule has 15 heavy (non-hydrogen) atoms. The van der Waals surface area contributed by atoms with E-state index in [4.69, 9.17) is 5.73 Å². The molecule has 1 unspecified atom stereocenters. The summed E-state index contributed by atoms with van der Waals surface area (Å²) < 4.78 is 1.14. The van der Waals surface area contributed by atoms with Gasteiger partial charge in [0.1, 0.15) is 0 Å². The van der Waals surface area contributed by atoms with E-state index < -0.39 is 0 Å². The van der Waals surface area contributed by atoms with Gasteiger partial charge in [0.2, 0.25) is 0 Å². The second-order valence-corrected chi connectivity index (χ2v) is 4.79. The van der Waals surface area contributed by atoms with Gasteiger partial charge in [0.15, 0.2) is 0 Å². The summed E-state index contributed by atoms with van der Waals surface area (Å²) in [4.78, 5) is 0. The fraction of sp³-hybridized carbons (Fsp3) is 0.231. The van der Waals surface area contributed by atoms with Gasteiger partial charge in [-0.1, -0.05) is 46.3 Å². The standard InChI is InChI=1S/C13H14BrN/c1-9(15)8-10-4-2-6-12-11(10)5-3-7-13(12)14/h2-7,9H,8,15H2,1H3. The summed E-state index contributed by atoms with van der Waals surface area (Å²) in [6.07, 6.45) is 0.924. The van der Waals surface area contributed by atoms with Crippen LogP contribution in [-0.4, -0.2) is 6.04 Å². The van der Waals surface area contributed by atoms with Gasteiger partial charge in [-0.3, -0.25) is 0 Å². The van der Waals surface area contributed by atoms with Gasteiger partial charge in [-0.25, -0.2) is 0 Å². The van der Waals surface area contributed by atoms with Gasteiger partial charge < -0.3 is 5.73 Å². The lowest BCUT2D eigenvalue weighted by atomic mass is 10.00. The maximum atomic E-state index is 5.84. The molecular formula is C13H14BrN. The minimum absolute atomic E-state index is 0.203. The van der Waals surface area contributed by atoms with Crippen molar-refractivity contribution >= 4 is 26.7 Å². The van der Waals surface area contributed by atoms with Gasteiger partial charge in [-0.15, -0.1) is 0 Å². The van der Waals surface area contributed by atoms with Crippen molar-refractivity contribution in [3.05, 3.63) is 46.4 Å². The lowest BCUT2D eigenvalue weighted by Crippen LogP contribution is -2.17. The summed E-state index contributed by atoms with van der Waals surface area (Å²) in [5.41, 5.74) is 7.16. The molecule has 2 aromatic carbocycles. The minimum atomic E-state index is 0.203. The predicted molar refractivity (Wildman–Crippen MR) is 69.0 cm³/mol. The van der Waals surface area contributed by atoms with Crippen LogP contribution in [0.15, 0.2) is 40.9 Å². The first-order valence-corrected chi connectivity index (χ1v) is 5.89. The van der Waals surface area contributed by atoms with Gasteiger partial charge in [-0.2, -0.15) is 0 Å². The smallest absolute Gasteiger partial charge is 0.0253 e. The predicted octanol–water partition coefficient (Wildman–Crippen LogP) is 3.49. The van der Waals surface area contributed by atoms with Crippen LogP contribution in [-0.2, 0) is 6.42 Å². The number of rotatable bonds is 2. The summed E-state index contributed by atoms with van der Waals surface area (Å²) in [5.74, 6) is 0. The molecule has 0 saturated carbocycles. The molecule has 0 aliphatic rings. The second kappa shape index (κ2) is 4.33. The Kier molecular flexibility index (Phi) is 3.08. The quantitative estimate of drug-likeness (QED) is 0.882. The second-order valence-electron chi connectivity index (χ2n) is 3.93. The van der Waals surface area contributed by atoms with Crippen LogP contribution in [0.2, 0.25) is 0 Å². The van der Waals surface area contributed by atoms with Crippen LogP contribution in [0.5, 0.6) is 0 Å². The number of hydrogen-bond donors (Lipinski definition) is 1. The summed E-state index contributed by atoms with van der Waals surface area (Å²) in [7, 11) is 0. The van der Waals surface area contributed by atoms with Gasteiger partial charge in [0, 0.05) is 10.5 Å². The van der Waals surface area contributed by atoms with Crippen LogP contribution in [0.3, 0.4) is 0 Å². The summed E-state index contributed by atoms with van der Waals surface area (Å²) in [5, 5.41) is 2.56. The molecule has 0 radical (unpaired) electrons. The Labute approximate surface area is 98.4 Å². The normalized spacial score (nSPS) is 13.0. The molecule has 0 fully saturated rings. The molecule has 2 aromatic rings. The van der Waals surface area contributed by atoms with Gasteiger partial charge in [-0.05, 0) is 35.7 Å². The number of fused-ring (bicyclic) bond motifs is 1. The van der Waals surface area contributed by atoms with Crippen molar-refractivity contribution in [2.45, 2.75) is 19.4 Å². The lowest BCUT2D eigenvalue weighted by Gasteiger charge is -2.09. The zero-order valence-corrected chi connectivity index (χ0v) is 10.3. The molecule has 1 atom stereocenters. The van der Waals surface area contributed by atoms with Crippen LogP contribution in [0, 0.1) is 0 Å². The molecular weight excluding hydrogens is 250 g/mol. The van der Waals surface area contributed by atoms with Crippen molar-refractivity contribution in [3.63, 3.8) is 0 Å². The van der Waals surface area contributed by atoms with Crippen LogP contribution < -0.4 is 5.73 Å². The Hall–Kier alpha value is -0.860. The molecule has 0 bridgehead atoms. The minimum Gasteiger partial charge on any atom is -0.328 e. The molecule has 0 spiro atoms. The summed E-state index contributed by atoms with van der Waals surface area (Å²) >= 11 is 3.57. The van der Waals surface area contributed by atoms with E-state index >= 15 is 0 Å². The van der Waals surface area contributed by atoms with Crippen LogP contribution in [0.4, 0.5) is 0 Å². The van der Waals surface area contributed by atoms with Crippen molar-refractivity contribution in [2.75, 3.05) is 0 Å². The van der Waals surface area contributed by atoms with Crippen molar-refractivity contribution < 1.29 is 0 Å². The fourth-order valence-electron chi connectivity index (χ4n) is 1.86. The zero-order valence-electron chi connectivity index (χ0n) is 8.70. The summed E-state index contributed by atoms with van der Waals surface area (Å²) in [6.45, 7) is 2.04. The van der Waals surface area contributed by atoms with E-state index in [1.165, 1.54) is 16.3 Å². The van der Waals surface area contributed by atoms with Crippen LogP contribution >= 0.6 is 15.9 Å². The Morgan fingerprint density at radius 3 is 2.53 bits per heavy atom. The van der Waals surface area contributed by atoms with E-state index in [-0.39, 0.29) is 6.04 Å². The molecule has 2 heteroatoms. The first-order chi connectivity index (χ1) is 7.18. The van der Waals surface area contributed by atoms with E-state index in [2.05, 4.69) is 52.3 Å². The molecule has 2 N–H and O–H groups in total. The van der Waals surface area contributed by atoms with Crippen LogP contribution in [0.25, 0.3) is 10.8 Å². The first kappa shape index (κ1) is 10.7. The van der Waals surface area contributed by atoms with Crippen molar-refractivity contribution in [1.29, 1.82) is 0 Å². The average Bonchev–Trinajstić information content (AvgIpc) is 2.19. The third kappa shape index (κ3) is 2.21. The fourth-order valence-corrected chi connectivity index (χ4v) is 2.36. The van der Waals surface area contributed by atoms with Gasteiger partial charge in [0.05, 0.1) is 0 Å². The van der Waals surface area contributed by atoms with E-state index in [1.54, 1.807) is 0 Å². The highest BCUT2D eigenvalue weighted by atomic mass is 79.9. The van der Waals surface area contributed by atoms with E-state index in [9.17, 15) is 0 Å². The number of nitrogens with two attached hydrogens (primary N) is 1. The monoisotopic (exact) mass is 263 g/mol. The Morgan fingerprint density at radius 1 is 1.13 bits per heavy atom. The third-order valence-electron chi connectivity index (χ3n) is 2.50. The average molecular weight is 264 g/mol. The summed E-state index contributed by atoms with van der Waals surface area (Å²) in [6, 6.07) is 12.9. The highest BCUT2D eigenvalue weighted by Crippen LogP contribution is 2.26. The molecule has 0 aliphatic heterocycles. The topological polar surface area (TPSA) is 26.0 Å². The van der Waals surface area contributed by atoms with E-state index in [1.807, 2.05) is 6.92 Å². The van der Waals surface area contributed by atoms with E-state index in [0.717, 1.165) is 10.9 Å². The maximum absolute atomic E-state index is 5.84. The largest absolute Gasteiger partial charge is 0.328 e.